The highest BCUT2D eigenvalue weighted by atomic mass is 32.2. The molecule has 0 radical (unpaired) electrons. The van der Waals surface area contributed by atoms with E-state index in [1.807, 2.05) is 42.5 Å². The molecule has 0 saturated carbocycles. The first-order valence-corrected chi connectivity index (χ1v) is 8.65. The predicted molar refractivity (Wildman–Crippen MR) is 96.4 cm³/mol. The second kappa shape index (κ2) is 7.84. The number of nitrogens with zero attached hydrogens (tertiary/aromatic N) is 1. The van der Waals surface area contributed by atoms with E-state index >= 15 is 0 Å². The van der Waals surface area contributed by atoms with Crippen molar-refractivity contribution in [3.05, 3.63) is 87.8 Å². The van der Waals surface area contributed by atoms with Gasteiger partial charge in [0.05, 0.1) is 5.69 Å². The third-order valence-electron chi connectivity index (χ3n) is 3.53. The Morgan fingerprint density at radius 2 is 1.83 bits per heavy atom. The van der Waals surface area contributed by atoms with Gasteiger partial charge in [-0.05, 0) is 30.2 Å². The molecule has 0 aliphatic carbocycles. The zero-order valence-corrected chi connectivity index (χ0v) is 14.2. The van der Waals surface area contributed by atoms with E-state index in [-0.39, 0.29) is 12.2 Å². The maximum Gasteiger partial charge on any atom is 0.251 e. The Hall–Kier alpha value is -2.53. The first kappa shape index (κ1) is 16.3. The van der Waals surface area contributed by atoms with Gasteiger partial charge in [-0.25, -0.2) is 4.98 Å². The minimum Gasteiger partial charge on any atom is -0.487 e. The Bertz CT molecular complexity index is 862. The van der Waals surface area contributed by atoms with Crippen LogP contribution >= 0.6 is 11.8 Å². The summed E-state index contributed by atoms with van der Waals surface area (Å²) in [4.78, 5) is 19.1. The third kappa shape index (κ3) is 4.49. The van der Waals surface area contributed by atoms with Crippen molar-refractivity contribution >= 4 is 11.8 Å². The molecule has 1 aromatic heterocycles. The summed E-state index contributed by atoms with van der Waals surface area (Å²) in [5.41, 5.74) is 2.92. The SMILES string of the molecule is Cc1ccccc1CSc1nc(COc2ccccc2)cc(=O)[nH]1. The van der Waals surface area contributed by atoms with E-state index in [9.17, 15) is 4.79 Å². The molecule has 0 aliphatic heterocycles. The lowest BCUT2D eigenvalue weighted by molar-refractivity contribution is 0.299. The van der Waals surface area contributed by atoms with Crippen LogP contribution in [0.2, 0.25) is 0 Å². The van der Waals surface area contributed by atoms with E-state index in [0.29, 0.717) is 10.9 Å². The highest BCUT2D eigenvalue weighted by Gasteiger charge is 2.05. The molecule has 122 valence electrons. The van der Waals surface area contributed by atoms with Gasteiger partial charge >= 0.3 is 0 Å². The van der Waals surface area contributed by atoms with Gasteiger partial charge < -0.3 is 9.72 Å². The zero-order valence-electron chi connectivity index (χ0n) is 13.4. The molecule has 0 spiro atoms. The van der Waals surface area contributed by atoms with Crippen molar-refractivity contribution in [1.82, 2.24) is 9.97 Å². The minimum absolute atomic E-state index is 0.163. The van der Waals surface area contributed by atoms with Crippen LogP contribution in [0.3, 0.4) is 0 Å². The van der Waals surface area contributed by atoms with Crippen molar-refractivity contribution in [2.45, 2.75) is 24.4 Å². The normalized spacial score (nSPS) is 10.5. The number of aromatic amines is 1. The molecule has 0 aliphatic rings. The predicted octanol–water partition coefficient (Wildman–Crippen LogP) is 3.95. The topological polar surface area (TPSA) is 55.0 Å². The monoisotopic (exact) mass is 338 g/mol. The van der Waals surface area contributed by atoms with Gasteiger partial charge in [0.1, 0.15) is 12.4 Å². The number of nitrogens with one attached hydrogen (secondary N) is 1. The summed E-state index contributed by atoms with van der Waals surface area (Å²) in [5, 5.41) is 0.609. The lowest BCUT2D eigenvalue weighted by Gasteiger charge is -2.07. The molecule has 24 heavy (non-hydrogen) atoms. The van der Waals surface area contributed by atoms with Crippen molar-refractivity contribution in [3.8, 4) is 5.75 Å². The van der Waals surface area contributed by atoms with E-state index in [1.165, 1.54) is 29.0 Å². The highest BCUT2D eigenvalue weighted by molar-refractivity contribution is 7.98. The molecule has 1 heterocycles. The average Bonchev–Trinajstić information content (AvgIpc) is 2.60. The first-order chi connectivity index (χ1) is 11.7. The number of benzene rings is 2. The average molecular weight is 338 g/mol. The fraction of sp³-hybridized carbons (Fsp3) is 0.158. The van der Waals surface area contributed by atoms with E-state index in [0.717, 1.165) is 11.5 Å². The van der Waals surface area contributed by atoms with Crippen molar-refractivity contribution < 1.29 is 4.74 Å². The molecule has 0 unspecified atom stereocenters. The Balaban J connectivity index is 1.67. The molecular weight excluding hydrogens is 320 g/mol. The van der Waals surface area contributed by atoms with Gasteiger partial charge in [-0.1, -0.05) is 54.2 Å². The fourth-order valence-electron chi connectivity index (χ4n) is 2.22. The van der Waals surface area contributed by atoms with Gasteiger partial charge in [-0.15, -0.1) is 0 Å². The number of H-pyrrole nitrogens is 1. The maximum atomic E-state index is 11.8. The lowest BCUT2D eigenvalue weighted by atomic mass is 10.1. The number of hydrogen-bond donors (Lipinski definition) is 1. The van der Waals surface area contributed by atoms with Crippen LogP contribution in [-0.2, 0) is 12.4 Å². The maximum absolute atomic E-state index is 11.8. The van der Waals surface area contributed by atoms with Gasteiger partial charge in [-0.3, -0.25) is 4.79 Å². The van der Waals surface area contributed by atoms with Crippen molar-refractivity contribution in [3.63, 3.8) is 0 Å². The number of para-hydroxylation sites is 1. The van der Waals surface area contributed by atoms with Crippen LogP contribution in [0, 0.1) is 6.92 Å². The van der Waals surface area contributed by atoms with E-state index < -0.39 is 0 Å². The Morgan fingerprint density at radius 3 is 2.62 bits per heavy atom. The van der Waals surface area contributed by atoms with Gasteiger partial charge in [0.15, 0.2) is 5.16 Å². The van der Waals surface area contributed by atoms with Gasteiger partial charge in [0.2, 0.25) is 0 Å². The molecule has 0 bridgehead atoms. The zero-order chi connectivity index (χ0) is 16.8. The Labute approximate surface area is 144 Å². The first-order valence-electron chi connectivity index (χ1n) is 7.66. The minimum atomic E-state index is -0.163. The summed E-state index contributed by atoms with van der Waals surface area (Å²) >= 11 is 1.52. The van der Waals surface area contributed by atoms with Crippen molar-refractivity contribution in [2.24, 2.45) is 0 Å². The number of aromatic nitrogens is 2. The van der Waals surface area contributed by atoms with Crippen LogP contribution in [0.1, 0.15) is 16.8 Å². The van der Waals surface area contributed by atoms with Crippen LogP contribution < -0.4 is 10.3 Å². The molecule has 0 atom stereocenters. The molecular formula is C19H18N2O2S. The quantitative estimate of drug-likeness (QED) is 0.546. The largest absolute Gasteiger partial charge is 0.487 e. The Morgan fingerprint density at radius 1 is 1.08 bits per heavy atom. The molecule has 4 nitrogen and oxygen atoms in total. The van der Waals surface area contributed by atoms with Gasteiger partial charge in [0.25, 0.3) is 5.56 Å². The number of ether oxygens (including phenoxy) is 1. The standard InChI is InChI=1S/C19H18N2O2S/c1-14-7-5-6-8-15(14)13-24-19-20-16(11-18(22)21-19)12-23-17-9-3-2-4-10-17/h2-11H,12-13H2,1H3,(H,20,21,22). The summed E-state index contributed by atoms with van der Waals surface area (Å²) in [6.07, 6.45) is 0. The number of rotatable bonds is 6. The second-order valence-corrected chi connectivity index (χ2v) is 6.32. The molecule has 5 heteroatoms. The van der Waals surface area contributed by atoms with Crippen LogP contribution in [-0.4, -0.2) is 9.97 Å². The number of hydrogen-bond acceptors (Lipinski definition) is 4. The number of aryl methyl sites for hydroxylation is 1. The van der Waals surface area contributed by atoms with E-state index in [4.69, 9.17) is 4.74 Å². The lowest BCUT2D eigenvalue weighted by Crippen LogP contribution is -2.11. The van der Waals surface area contributed by atoms with E-state index in [2.05, 4.69) is 29.0 Å². The van der Waals surface area contributed by atoms with Gasteiger partial charge in [-0.2, -0.15) is 0 Å². The van der Waals surface area contributed by atoms with Crippen LogP contribution in [0.15, 0.2) is 70.6 Å². The van der Waals surface area contributed by atoms with Crippen molar-refractivity contribution in [2.75, 3.05) is 0 Å². The molecule has 3 aromatic rings. The van der Waals surface area contributed by atoms with Gasteiger partial charge in [0, 0.05) is 11.8 Å². The molecule has 2 aromatic carbocycles. The highest BCUT2D eigenvalue weighted by Crippen LogP contribution is 2.21. The summed E-state index contributed by atoms with van der Waals surface area (Å²) in [6.45, 7) is 2.35. The van der Waals surface area contributed by atoms with E-state index in [1.54, 1.807) is 0 Å². The summed E-state index contributed by atoms with van der Waals surface area (Å²) in [5.74, 6) is 1.52. The Kier molecular flexibility index (Phi) is 5.33. The molecule has 3 rings (SSSR count). The second-order valence-electron chi connectivity index (χ2n) is 5.36. The van der Waals surface area contributed by atoms with Crippen LogP contribution in [0.5, 0.6) is 5.75 Å². The molecule has 0 fully saturated rings. The molecule has 0 amide bonds. The summed E-state index contributed by atoms with van der Waals surface area (Å²) in [6, 6.07) is 19.2. The summed E-state index contributed by atoms with van der Waals surface area (Å²) in [7, 11) is 0. The van der Waals surface area contributed by atoms with Crippen LogP contribution in [0.25, 0.3) is 0 Å². The molecule has 1 N–H and O–H groups in total. The fourth-order valence-corrected chi connectivity index (χ4v) is 3.19. The third-order valence-corrected chi connectivity index (χ3v) is 4.45. The number of thioether (sulfide) groups is 1. The smallest absolute Gasteiger partial charge is 0.251 e. The molecule has 0 saturated heterocycles. The summed E-state index contributed by atoms with van der Waals surface area (Å²) < 4.78 is 5.66. The van der Waals surface area contributed by atoms with Crippen LogP contribution in [0.4, 0.5) is 0 Å². The van der Waals surface area contributed by atoms with Crippen molar-refractivity contribution in [1.29, 1.82) is 0 Å².